The van der Waals surface area contributed by atoms with Crippen LogP contribution in [-0.2, 0) is 16.1 Å². The molecule has 2 aromatic heterocycles. The van der Waals surface area contributed by atoms with Gasteiger partial charge >= 0.3 is 0 Å². The highest BCUT2D eigenvalue weighted by Crippen LogP contribution is 2.13. The molecule has 3 heterocycles. The van der Waals surface area contributed by atoms with Crippen LogP contribution in [0.1, 0.15) is 5.56 Å². The first-order chi connectivity index (χ1) is 10.7. The maximum Gasteiger partial charge on any atom is 0.247 e. The van der Waals surface area contributed by atoms with Crippen LogP contribution in [0.3, 0.4) is 0 Å². The molecule has 1 atom stereocenters. The van der Waals surface area contributed by atoms with Crippen molar-refractivity contribution in [2.45, 2.75) is 12.6 Å². The lowest BCUT2D eigenvalue weighted by Crippen LogP contribution is -2.47. The summed E-state index contributed by atoms with van der Waals surface area (Å²) in [5.41, 5.74) is 7.01. The third-order valence-corrected chi connectivity index (χ3v) is 3.47. The predicted octanol–water partition coefficient (Wildman–Crippen LogP) is 0.225. The molecule has 1 aliphatic rings. The normalized spacial score (nSPS) is 19.0. The molecule has 0 spiro atoms. The Balaban J connectivity index is 1.65. The summed E-state index contributed by atoms with van der Waals surface area (Å²) in [6.07, 6.45) is 4.74. The topological polar surface area (TPSA) is 94.2 Å². The third-order valence-electron chi connectivity index (χ3n) is 3.47. The summed E-state index contributed by atoms with van der Waals surface area (Å²) in [4.78, 5) is 26.2. The summed E-state index contributed by atoms with van der Waals surface area (Å²) in [5.74, 6) is 0.174. The molecule has 1 fully saturated rings. The number of primary amides is 1. The maximum atomic E-state index is 11.2. The van der Waals surface area contributed by atoms with Gasteiger partial charge in [-0.25, -0.2) is 9.97 Å². The van der Waals surface area contributed by atoms with Crippen LogP contribution in [0, 0.1) is 0 Å². The van der Waals surface area contributed by atoms with Gasteiger partial charge in [0.05, 0.1) is 6.61 Å². The molecule has 0 aromatic carbocycles. The average Bonchev–Trinajstić information content (AvgIpc) is 2.56. The van der Waals surface area contributed by atoms with Crippen molar-refractivity contribution in [1.29, 1.82) is 0 Å². The summed E-state index contributed by atoms with van der Waals surface area (Å²) in [6.45, 7) is 2.42. The quantitative estimate of drug-likeness (QED) is 0.868. The predicted molar refractivity (Wildman–Crippen MR) is 79.5 cm³/mol. The van der Waals surface area contributed by atoms with E-state index in [2.05, 4.69) is 19.9 Å². The number of ether oxygens (including phenoxy) is 1. The maximum absolute atomic E-state index is 11.2. The highest BCUT2D eigenvalue weighted by molar-refractivity contribution is 5.79. The van der Waals surface area contributed by atoms with Crippen molar-refractivity contribution < 1.29 is 9.53 Å². The van der Waals surface area contributed by atoms with E-state index >= 15 is 0 Å². The molecular weight excluding hydrogens is 282 g/mol. The molecule has 0 bridgehead atoms. The SMILES string of the molecule is NC(=O)[C@@H]1CN(Cc2cnc(-c3ccccn3)nc2)CCO1. The number of pyridine rings is 1. The molecule has 2 N–H and O–H groups in total. The van der Waals surface area contributed by atoms with Crippen LogP contribution in [0.5, 0.6) is 0 Å². The molecule has 1 amide bonds. The monoisotopic (exact) mass is 299 g/mol. The van der Waals surface area contributed by atoms with Gasteiger partial charge in [0.25, 0.3) is 0 Å². The van der Waals surface area contributed by atoms with E-state index in [0.717, 1.165) is 17.8 Å². The minimum Gasteiger partial charge on any atom is -0.367 e. The Morgan fingerprint density at radius 1 is 1.32 bits per heavy atom. The lowest BCUT2D eigenvalue weighted by molar-refractivity contribution is -0.135. The largest absolute Gasteiger partial charge is 0.367 e. The fourth-order valence-corrected chi connectivity index (χ4v) is 2.34. The second-order valence-corrected chi connectivity index (χ2v) is 5.13. The third kappa shape index (κ3) is 3.44. The number of nitrogens with two attached hydrogens (primary N) is 1. The van der Waals surface area contributed by atoms with Crippen molar-refractivity contribution >= 4 is 5.91 Å². The molecule has 3 rings (SSSR count). The fourth-order valence-electron chi connectivity index (χ4n) is 2.34. The second kappa shape index (κ2) is 6.59. The van der Waals surface area contributed by atoms with Gasteiger partial charge in [-0.2, -0.15) is 0 Å². The molecule has 0 aliphatic carbocycles. The number of aromatic nitrogens is 3. The molecule has 0 unspecified atom stereocenters. The van der Waals surface area contributed by atoms with Gasteiger partial charge in [-0.3, -0.25) is 14.7 Å². The molecule has 114 valence electrons. The van der Waals surface area contributed by atoms with Crippen molar-refractivity contribution in [3.05, 3.63) is 42.4 Å². The molecule has 0 saturated carbocycles. The fraction of sp³-hybridized carbons (Fsp3) is 0.333. The van der Waals surface area contributed by atoms with E-state index in [1.54, 1.807) is 18.6 Å². The van der Waals surface area contributed by atoms with Gasteiger partial charge in [-0.05, 0) is 12.1 Å². The zero-order chi connectivity index (χ0) is 15.4. The number of morpholine rings is 1. The van der Waals surface area contributed by atoms with E-state index < -0.39 is 12.0 Å². The standard InChI is InChI=1S/C15H17N5O2/c16-14(21)13-10-20(5-6-22-13)9-11-7-18-15(19-8-11)12-3-1-2-4-17-12/h1-4,7-8,13H,5-6,9-10H2,(H2,16,21)/t13-/m0/s1. The van der Waals surface area contributed by atoms with Gasteiger partial charge < -0.3 is 10.5 Å². The van der Waals surface area contributed by atoms with Crippen LogP contribution >= 0.6 is 0 Å². The van der Waals surface area contributed by atoms with Crippen LogP contribution in [0.4, 0.5) is 0 Å². The summed E-state index contributed by atoms with van der Waals surface area (Å²) in [5, 5.41) is 0. The minimum absolute atomic E-state index is 0.425. The average molecular weight is 299 g/mol. The van der Waals surface area contributed by atoms with Crippen LogP contribution in [0.25, 0.3) is 11.5 Å². The first kappa shape index (κ1) is 14.6. The second-order valence-electron chi connectivity index (χ2n) is 5.13. The molecule has 22 heavy (non-hydrogen) atoms. The van der Waals surface area contributed by atoms with Gasteiger partial charge in [0, 0.05) is 43.8 Å². The van der Waals surface area contributed by atoms with Crippen molar-refractivity contribution in [2.75, 3.05) is 19.7 Å². The van der Waals surface area contributed by atoms with Crippen LogP contribution in [0.15, 0.2) is 36.8 Å². The number of amides is 1. The van der Waals surface area contributed by atoms with Crippen LogP contribution < -0.4 is 5.73 Å². The summed E-state index contributed by atoms with van der Waals surface area (Å²) in [6, 6.07) is 5.62. The van der Waals surface area contributed by atoms with Gasteiger partial charge in [0.15, 0.2) is 5.82 Å². The zero-order valence-corrected chi connectivity index (χ0v) is 12.1. The van der Waals surface area contributed by atoms with Gasteiger partial charge in [0.2, 0.25) is 5.91 Å². The molecule has 0 radical (unpaired) electrons. The number of carbonyl (C=O) groups is 1. The summed E-state index contributed by atoms with van der Waals surface area (Å²) >= 11 is 0. The first-order valence-corrected chi connectivity index (χ1v) is 7.08. The molecule has 7 heteroatoms. The van der Waals surface area contributed by atoms with Gasteiger partial charge in [0.1, 0.15) is 11.8 Å². The smallest absolute Gasteiger partial charge is 0.247 e. The number of hydrogen-bond donors (Lipinski definition) is 1. The Bertz CT molecular complexity index is 632. The van der Waals surface area contributed by atoms with Crippen LogP contribution in [-0.4, -0.2) is 51.6 Å². The lowest BCUT2D eigenvalue weighted by Gasteiger charge is -2.31. The van der Waals surface area contributed by atoms with Gasteiger partial charge in [-0.15, -0.1) is 0 Å². The van der Waals surface area contributed by atoms with E-state index in [-0.39, 0.29) is 0 Å². The van der Waals surface area contributed by atoms with E-state index in [9.17, 15) is 4.79 Å². The van der Waals surface area contributed by atoms with Crippen molar-refractivity contribution in [3.8, 4) is 11.5 Å². The highest BCUT2D eigenvalue weighted by atomic mass is 16.5. The Hall–Kier alpha value is -2.38. The first-order valence-electron chi connectivity index (χ1n) is 7.08. The Labute approximate surface area is 128 Å². The number of nitrogens with zero attached hydrogens (tertiary/aromatic N) is 4. The van der Waals surface area contributed by atoms with Crippen molar-refractivity contribution in [1.82, 2.24) is 19.9 Å². The van der Waals surface area contributed by atoms with E-state index in [1.165, 1.54) is 0 Å². The van der Waals surface area contributed by atoms with Crippen molar-refractivity contribution in [2.24, 2.45) is 5.73 Å². The minimum atomic E-state index is -0.539. The lowest BCUT2D eigenvalue weighted by atomic mass is 10.2. The zero-order valence-electron chi connectivity index (χ0n) is 12.1. The van der Waals surface area contributed by atoms with E-state index in [0.29, 0.717) is 25.5 Å². The molecule has 1 aliphatic heterocycles. The van der Waals surface area contributed by atoms with Crippen LogP contribution in [0.2, 0.25) is 0 Å². The molecule has 1 saturated heterocycles. The van der Waals surface area contributed by atoms with Crippen molar-refractivity contribution in [3.63, 3.8) is 0 Å². The highest BCUT2D eigenvalue weighted by Gasteiger charge is 2.24. The number of hydrogen-bond acceptors (Lipinski definition) is 6. The summed E-state index contributed by atoms with van der Waals surface area (Å²) in [7, 11) is 0. The summed E-state index contributed by atoms with van der Waals surface area (Å²) < 4.78 is 5.33. The Kier molecular flexibility index (Phi) is 4.36. The van der Waals surface area contributed by atoms with E-state index in [4.69, 9.17) is 10.5 Å². The Morgan fingerprint density at radius 3 is 2.82 bits per heavy atom. The molecule has 7 nitrogen and oxygen atoms in total. The molecular formula is C15H17N5O2. The number of carbonyl (C=O) groups excluding carboxylic acids is 1. The number of rotatable bonds is 4. The Morgan fingerprint density at radius 2 is 2.14 bits per heavy atom. The van der Waals surface area contributed by atoms with Gasteiger partial charge in [-0.1, -0.05) is 6.07 Å². The van der Waals surface area contributed by atoms with E-state index in [1.807, 2.05) is 18.2 Å². The molecule has 2 aromatic rings.